The summed E-state index contributed by atoms with van der Waals surface area (Å²) in [5, 5.41) is 13.6. The van der Waals surface area contributed by atoms with Crippen molar-refractivity contribution >= 4 is 11.8 Å². The van der Waals surface area contributed by atoms with Crippen LogP contribution in [0.2, 0.25) is 0 Å². The molecule has 18 heavy (non-hydrogen) atoms. The summed E-state index contributed by atoms with van der Waals surface area (Å²) in [6, 6.07) is 8.59. The van der Waals surface area contributed by atoms with Crippen molar-refractivity contribution < 1.29 is 5.11 Å². The molecule has 0 amide bonds. The maximum atomic E-state index is 10.3. The molecule has 1 saturated heterocycles. The first-order chi connectivity index (χ1) is 8.61. The van der Waals surface area contributed by atoms with Crippen molar-refractivity contribution in [2.24, 2.45) is 0 Å². The Morgan fingerprint density at radius 1 is 1.50 bits per heavy atom. The van der Waals surface area contributed by atoms with Gasteiger partial charge in [-0.1, -0.05) is 12.1 Å². The van der Waals surface area contributed by atoms with E-state index in [0.717, 1.165) is 26.1 Å². The zero-order chi connectivity index (χ0) is 13.0. The lowest BCUT2D eigenvalue weighted by Crippen LogP contribution is -2.42. The van der Waals surface area contributed by atoms with Crippen LogP contribution in [-0.4, -0.2) is 48.5 Å². The van der Waals surface area contributed by atoms with E-state index in [-0.39, 0.29) is 0 Å². The number of aliphatic hydroxyl groups is 1. The molecule has 0 bridgehead atoms. The summed E-state index contributed by atoms with van der Waals surface area (Å²) in [6.45, 7) is 3.24. The van der Waals surface area contributed by atoms with Gasteiger partial charge in [-0.25, -0.2) is 0 Å². The quantitative estimate of drug-likeness (QED) is 0.793. The minimum absolute atomic E-state index is 0.550. The molecule has 0 aromatic heterocycles. The number of benzene rings is 1. The Labute approximate surface area is 114 Å². The average molecular weight is 266 g/mol. The van der Waals surface area contributed by atoms with Gasteiger partial charge in [-0.2, -0.15) is 0 Å². The molecular formula is C14H22N2OS. The van der Waals surface area contributed by atoms with Gasteiger partial charge in [0, 0.05) is 24.5 Å². The lowest BCUT2D eigenvalue weighted by atomic mass is 10.0. The van der Waals surface area contributed by atoms with Gasteiger partial charge in [-0.15, -0.1) is 11.8 Å². The van der Waals surface area contributed by atoms with Crippen LogP contribution in [0.3, 0.4) is 0 Å². The van der Waals surface area contributed by atoms with Crippen LogP contribution in [0.4, 0.5) is 0 Å². The number of thioether (sulfide) groups is 1. The minimum atomic E-state index is -0.550. The van der Waals surface area contributed by atoms with Gasteiger partial charge in [-0.05, 0) is 44.0 Å². The van der Waals surface area contributed by atoms with Crippen molar-refractivity contribution in [2.45, 2.75) is 23.5 Å². The summed E-state index contributed by atoms with van der Waals surface area (Å²) in [4.78, 5) is 3.49. The lowest BCUT2D eigenvalue weighted by Gasteiger charge is -2.28. The number of rotatable bonds is 5. The zero-order valence-electron chi connectivity index (χ0n) is 11.1. The van der Waals surface area contributed by atoms with E-state index >= 15 is 0 Å². The molecule has 2 N–H and O–H groups in total. The Bertz CT molecular complexity index is 391. The molecule has 1 aromatic rings. The molecule has 1 fully saturated rings. The summed E-state index contributed by atoms with van der Waals surface area (Å²) in [6.07, 6.45) is 2.94. The van der Waals surface area contributed by atoms with Gasteiger partial charge in [0.1, 0.15) is 0 Å². The number of nitrogens with zero attached hydrogens (tertiary/aromatic N) is 1. The molecule has 0 aliphatic carbocycles. The molecule has 1 aromatic carbocycles. The molecule has 4 heteroatoms. The van der Waals surface area contributed by atoms with Gasteiger partial charge in [0.2, 0.25) is 0 Å². The van der Waals surface area contributed by atoms with Crippen molar-refractivity contribution in [2.75, 3.05) is 32.9 Å². The van der Waals surface area contributed by atoms with E-state index in [1.807, 2.05) is 0 Å². The molecule has 1 aliphatic heterocycles. The molecule has 0 unspecified atom stereocenters. The fraction of sp³-hybridized carbons (Fsp3) is 0.571. The van der Waals surface area contributed by atoms with E-state index in [4.69, 9.17) is 0 Å². The Kier molecular flexibility index (Phi) is 4.67. The Morgan fingerprint density at radius 2 is 2.33 bits per heavy atom. The second-order valence-corrected chi connectivity index (χ2v) is 6.05. The summed E-state index contributed by atoms with van der Waals surface area (Å²) >= 11 is 1.76. The molecule has 1 atom stereocenters. The van der Waals surface area contributed by atoms with Crippen LogP contribution in [0.25, 0.3) is 0 Å². The molecule has 0 spiro atoms. The molecule has 1 aliphatic rings. The van der Waals surface area contributed by atoms with E-state index in [9.17, 15) is 5.11 Å². The van der Waals surface area contributed by atoms with Crippen LogP contribution in [0.1, 0.15) is 12.0 Å². The Balaban J connectivity index is 1.91. The highest BCUT2D eigenvalue weighted by molar-refractivity contribution is 7.98. The van der Waals surface area contributed by atoms with Gasteiger partial charge >= 0.3 is 0 Å². The monoisotopic (exact) mass is 266 g/mol. The third-order valence-electron chi connectivity index (χ3n) is 3.37. The third kappa shape index (κ3) is 3.72. The molecule has 3 nitrogen and oxygen atoms in total. The van der Waals surface area contributed by atoms with Gasteiger partial charge in [0.25, 0.3) is 0 Å². The summed E-state index contributed by atoms with van der Waals surface area (Å²) in [5.74, 6) is 0. The molecule has 1 heterocycles. The fourth-order valence-corrected chi connectivity index (χ4v) is 2.99. The first-order valence-electron chi connectivity index (χ1n) is 6.36. The van der Waals surface area contributed by atoms with Gasteiger partial charge in [0.15, 0.2) is 0 Å². The second-order valence-electron chi connectivity index (χ2n) is 5.17. The maximum Gasteiger partial charge on any atom is 0.0909 e. The number of hydrogen-bond acceptors (Lipinski definition) is 4. The summed E-state index contributed by atoms with van der Waals surface area (Å²) in [7, 11) is 2.07. The topological polar surface area (TPSA) is 35.5 Å². The van der Waals surface area contributed by atoms with Crippen molar-refractivity contribution in [3.05, 3.63) is 29.8 Å². The number of β-amino-alcohol motifs (C(OH)–C–C–N with tert-alkyl or cyclic N) is 1. The van der Waals surface area contributed by atoms with Gasteiger partial charge < -0.3 is 10.4 Å². The van der Waals surface area contributed by atoms with Crippen LogP contribution >= 0.6 is 11.8 Å². The maximum absolute atomic E-state index is 10.3. The zero-order valence-corrected chi connectivity index (χ0v) is 12.0. The Hall–Kier alpha value is -0.550. The second kappa shape index (κ2) is 6.06. The van der Waals surface area contributed by atoms with Gasteiger partial charge in [-0.3, -0.25) is 4.90 Å². The predicted octanol–water partition coefficient (Wildman–Crippen LogP) is 1.56. The highest BCUT2D eigenvalue weighted by atomic mass is 32.2. The first-order valence-corrected chi connectivity index (χ1v) is 7.58. The standard InChI is InChI=1S/C14H22N2OS/c1-16(11-14(17)6-7-15-10-14)9-12-4-3-5-13(8-12)18-2/h3-5,8,15,17H,6-7,9-11H2,1-2H3/t14-/m0/s1. The molecular weight excluding hydrogens is 244 g/mol. The van der Waals surface area contributed by atoms with Gasteiger partial charge in [0.05, 0.1) is 5.60 Å². The van der Waals surface area contributed by atoms with Crippen molar-refractivity contribution in [3.63, 3.8) is 0 Å². The lowest BCUT2D eigenvalue weighted by molar-refractivity contribution is 0.0264. The highest BCUT2D eigenvalue weighted by Crippen LogP contribution is 2.19. The van der Waals surface area contributed by atoms with E-state index < -0.39 is 5.60 Å². The van der Waals surface area contributed by atoms with Crippen molar-refractivity contribution in [3.8, 4) is 0 Å². The molecule has 0 radical (unpaired) electrons. The minimum Gasteiger partial charge on any atom is -0.387 e. The van der Waals surface area contributed by atoms with E-state index in [0.29, 0.717) is 6.54 Å². The van der Waals surface area contributed by atoms with Crippen LogP contribution in [0.15, 0.2) is 29.2 Å². The van der Waals surface area contributed by atoms with Crippen LogP contribution in [0, 0.1) is 0 Å². The molecule has 100 valence electrons. The smallest absolute Gasteiger partial charge is 0.0909 e. The predicted molar refractivity (Wildman–Crippen MR) is 77.0 cm³/mol. The SMILES string of the molecule is CSc1cccc(CN(C)C[C@]2(O)CCNC2)c1. The van der Waals surface area contributed by atoms with Crippen molar-refractivity contribution in [1.29, 1.82) is 0 Å². The van der Waals surface area contributed by atoms with E-state index in [1.165, 1.54) is 10.5 Å². The third-order valence-corrected chi connectivity index (χ3v) is 4.10. The van der Waals surface area contributed by atoms with E-state index in [2.05, 4.69) is 47.8 Å². The largest absolute Gasteiger partial charge is 0.387 e. The highest BCUT2D eigenvalue weighted by Gasteiger charge is 2.31. The number of likely N-dealkylation sites (N-methyl/N-ethyl adjacent to an activating group) is 1. The fourth-order valence-electron chi connectivity index (χ4n) is 2.51. The van der Waals surface area contributed by atoms with E-state index in [1.54, 1.807) is 11.8 Å². The Morgan fingerprint density at radius 3 is 3.00 bits per heavy atom. The summed E-state index contributed by atoms with van der Waals surface area (Å²) in [5.41, 5.74) is 0.755. The molecule has 2 rings (SSSR count). The van der Waals surface area contributed by atoms with Crippen molar-refractivity contribution in [1.82, 2.24) is 10.2 Å². The normalized spacial score (nSPS) is 23.8. The first kappa shape index (κ1) is 13.9. The average Bonchev–Trinajstić information content (AvgIpc) is 2.75. The van der Waals surface area contributed by atoms with Crippen LogP contribution < -0.4 is 5.32 Å². The summed E-state index contributed by atoms with van der Waals surface area (Å²) < 4.78 is 0. The number of nitrogens with one attached hydrogen (secondary N) is 1. The van der Waals surface area contributed by atoms with Crippen LogP contribution in [0.5, 0.6) is 0 Å². The number of hydrogen-bond donors (Lipinski definition) is 2. The molecule has 0 saturated carbocycles. The van der Waals surface area contributed by atoms with Crippen LogP contribution in [-0.2, 0) is 6.54 Å².